The van der Waals surface area contributed by atoms with Gasteiger partial charge < -0.3 is 26.4 Å². The number of nitrogens with one attached hydrogen (secondary N) is 2. The topological polar surface area (TPSA) is 212 Å². The van der Waals surface area contributed by atoms with Crippen molar-refractivity contribution < 1.29 is 34.5 Å². The summed E-state index contributed by atoms with van der Waals surface area (Å²) in [5.41, 5.74) is 7.27. The van der Waals surface area contributed by atoms with Gasteiger partial charge in [0.1, 0.15) is 33.9 Å². The number of β-lactam (4-membered cyclic amide) rings is 1. The lowest BCUT2D eigenvalue weighted by atomic mass is 10.0. The molecule has 3 heterocycles. The zero-order valence-corrected chi connectivity index (χ0v) is 20.2. The van der Waals surface area contributed by atoms with Crippen molar-refractivity contribution in [3.8, 4) is 5.75 Å². The number of carbonyl (C=O) groups excluding carboxylic acids is 2. The van der Waals surface area contributed by atoms with E-state index in [9.17, 15) is 29.4 Å². The number of phenolic OH excluding ortho intramolecular Hbond substituents is 1. The summed E-state index contributed by atoms with van der Waals surface area (Å²) in [5, 5.41) is 40.9. The second-order valence-electron chi connectivity index (χ2n) is 7.99. The number of amides is 2. The molecule has 0 spiro atoms. The number of benzene rings is 1. The number of aromatic nitrogens is 3. The second-order valence-corrected chi connectivity index (χ2v) is 10.1. The maximum Gasteiger partial charge on any atom is 0.352 e. The van der Waals surface area contributed by atoms with Crippen LogP contribution in [0.25, 0.3) is 0 Å². The summed E-state index contributed by atoms with van der Waals surface area (Å²) in [6.07, 6.45) is 0.0561. The van der Waals surface area contributed by atoms with Gasteiger partial charge in [0.15, 0.2) is 0 Å². The Morgan fingerprint density at radius 2 is 2.00 bits per heavy atom. The number of carboxylic acids is 2. The third-order valence-electron chi connectivity index (χ3n) is 5.63. The Morgan fingerprint density at radius 1 is 1.28 bits per heavy atom. The summed E-state index contributed by atoms with van der Waals surface area (Å²) in [4.78, 5) is 49.6. The molecule has 2 amide bonds. The van der Waals surface area contributed by atoms with Crippen LogP contribution in [-0.4, -0.2) is 82.3 Å². The zero-order chi connectivity index (χ0) is 26.0. The summed E-state index contributed by atoms with van der Waals surface area (Å²) < 4.78 is 0. The molecular weight excluding hydrogens is 512 g/mol. The van der Waals surface area contributed by atoms with Crippen LogP contribution in [-0.2, 0) is 25.6 Å². The fraction of sp³-hybridized carbons (Fsp3) is 0.333. The molecule has 15 heteroatoms. The van der Waals surface area contributed by atoms with Gasteiger partial charge in [-0.15, -0.1) is 28.6 Å². The van der Waals surface area contributed by atoms with Crippen molar-refractivity contribution >= 4 is 47.3 Å². The molecule has 13 nitrogen and oxygen atoms in total. The molecule has 2 unspecified atom stereocenters. The average molecular weight is 535 g/mol. The number of aryl methyl sites for hydroxylation is 1. The van der Waals surface area contributed by atoms with Gasteiger partial charge in [0.05, 0.1) is 12.1 Å². The number of carbonyl (C=O) groups is 4. The number of aromatic amines is 1. The van der Waals surface area contributed by atoms with Crippen molar-refractivity contribution in [2.45, 2.75) is 35.3 Å². The molecule has 2 aliphatic heterocycles. The molecule has 3 atom stereocenters. The Kier molecular flexibility index (Phi) is 7.51. The number of rotatable bonds is 10. The first-order valence-electron chi connectivity index (χ1n) is 10.7. The van der Waals surface area contributed by atoms with Crippen LogP contribution >= 0.6 is 23.5 Å². The normalized spacial score (nSPS) is 19.9. The molecule has 0 radical (unpaired) electrons. The van der Waals surface area contributed by atoms with Gasteiger partial charge in [-0.3, -0.25) is 24.4 Å². The van der Waals surface area contributed by atoms with E-state index in [0.29, 0.717) is 27.6 Å². The van der Waals surface area contributed by atoms with Crippen LogP contribution in [0.2, 0.25) is 0 Å². The lowest BCUT2D eigenvalue weighted by molar-refractivity contribution is -0.150. The molecule has 1 saturated heterocycles. The summed E-state index contributed by atoms with van der Waals surface area (Å²) in [5.74, 6) is -2.82. The van der Waals surface area contributed by atoms with Crippen molar-refractivity contribution in [3.63, 3.8) is 0 Å². The molecule has 0 bridgehead atoms. The van der Waals surface area contributed by atoms with Gasteiger partial charge in [-0.2, -0.15) is 0 Å². The van der Waals surface area contributed by atoms with Gasteiger partial charge in [0.2, 0.25) is 5.91 Å². The predicted molar refractivity (Wildman–Crippen MR) is 128 cm³/mol. The van der Waals surface area contributed by atoms with Crippen molar-refractivity contribution in [2.24, 2.45) is 5.73 Å². The molecule has 4 rings (SSSR count). The molecule has 1 fully saturated rings. The highest BCUT2D eigenvalue weighted by Gasteiger charge is 2.54. The molecule has 1 aromatic heterocycles. The zero-order valence-electron chi connectivity index (χ0n) is 18.6. The maximum atomic E-state index is 12.9. The molecule has 7 N–H and O–H groups in total. The summed E-state index contributed by atoms with van der Waals surface area (Å²) in [6, 6.07) is 3.80. The van der Waals surface area contributed by atoms with E-state index in [0.717, 1.165) is 0 Å². The lowest BCUT2D eigenvalue weighted by Crippen LogP contribution is -2.71. The van der Waals surface area contributed by atoms with E-state index in [2.05, 4.69) is 20.7 Å². The first-order valence-corrected chi connectivity index (χ1v) is 12.7. The summed E-state index contributed by atoms with van der Waals surface area (Å²) in [6.45, 7) is 0. The second kappa shape index (κ2) is 10.6. The van der Waals surface area contributed by atoms with Crippen LogP contribution in [0.15, 0.2) is 40.6 Å². The summed E-state index contributed by atoms with van der Waals surface area (Å²) in [7, 11) is 0. The fourth-order valence-corrected chi connectivity index (χ4v) is 6.22. The van der Waals surface area contributed by atoms with E-state index in [1.807, 2.05) is 0 Å². The molecule has 0 saturated carbocycles. The standard InChI is InChI=1S/C21H22N6O7S2/c22-14(9-1-3-11(28)4-2-9)17(31)23-15-19(32)27-16(21(33)34)10(8-36-20(15)27)7-35-18-12(24-26-25-18)5-6-13(29)30/h1-4,14-15,20,28H,5-8,22H2,(H,23,31)(H,29,30)(H,33,34)(H,24,25,26)/t14?,15?,20-/m0/s1. The average Bonchev–Trinajstić information content (AvgIpc) is 3.31. The van der Waals surface area contributed by atoms with Gasteiger partial charge in [0, 0.05) is 17.9 Å². The van der Waals surface area contributed by atoms with Gasteiger partial charge in [-0.05, 0) is 23.3 Å². The van der Waals surface area contributed by atoms with E-state index in [4.69, 9.17) is 10.8 Å². The highest BCUT2D eigenvalue weighted by atomic mass is 32.2. The van der Waals surface area contributed by atoms with E-state index in [-0.39, 0.29) is 30.0 Å². The molecule has 0 aliphatic carbocycles. The van der Waals surface area contributed by atoms with Crippen molar-refractivity contribution in [3.05, 3.63) is 46.8 Å². The number of hydrogen-bond acceptors (Lipinski definition) is 10. The fourth-order valence-electron chi connectivity index (χ4n) is 3.77. The first-order chi connectivity index (χ1) is 17.2. The largest absolute Gasteiger partial charge is 0.508 e. The van der Waals surface area contributed by atoms with Gasteiger partial charge in [-0.1, -0.05) is 17.3 Å². The molecular formula is C21H22N6O7S2. The number of aromatic hydroxyl groups is 1. The third kappa shape index (κ3) is 5.17. The first kappa shape index (κ1) is 25.5. The van der Waals surface area contributed by atoms with Crippen molar-refractivity contribution in [1.82, 2.24) is 25.6 Å². The van der Waals surface area contributed by atoms with E-state index < -0.39 is 41.2 Å². The smallest absolute Gasteiger partial charge is 0.352 e. The number of phenols is 1. The van der Waals surface area contributed by atoms with Crippen LogP contribution in [0.4, 0.5) is 0 Å². The van der Waals surface area contributed by atoms with Crippen LogP contribution < -0.4 is 11.1 Å². The predicted octanol–water partition coefficient (Wildman–Crippen LogP) is 0.0582. The van der Waals surface area contributed by atoms with E-state index in [1.54, 1.807) is 0 Å². The number of aliphatic carboxylic acids is 2. The lowest BCUT2D eigenvalue weighted by Gasteiger charge is -2.49. The summed E-state index contributed by atoms with van der Waals surface area (Å²) >= 11 is 2.55. The SMILES string of the molecule is NC(C(=O)NC1C(=O)N2C(C(=O)O)=C(CSc3[nH]nnc3CCC(=O)O)CS[C@@H]12)c1ccc(O)cc1. The maximum absolute atomic E-state index is 12.9. The minimum atomic E-state index is -1.26. The molecule has 1 aromatic carbocycles. The van der Waals surface area contributed by atoms with Crippen LogP contribution in [0.1, 0.15) is 23.7 Å². The van der Waals surface area contributed by atoms with Gasteiger partial charge >= 0.3 is 11.9 Å². The molecule has 2 aliphatic rings. The quantitative estimate of drug-likeness (QED) is 0.176. The Labute approximate surface area is 212 Å². The number of carboxylic acid groups (broad SMARTS) is 2. The molecule has 190 valence electrons. The Morgan fingerprint density at radius 3 is 2.67 bits per heavy atom. The number of H-pyrrole nitrogens is 1. The monoisotopic (exact) mass is 534 g/mol. The number of thioether (sulfide) groups is 2. The van der Waals surface area contributed by atoms with Crippen LogP contribution in [0.3, 0.4) is 0 Å². The Bertz CT molecular complexity index is 1230. The van der Waals surface area contributed by atoms with Gasteiger partial charge in [0.25, 0.3) is 5.91 Å². The number of fused-ring (bicyclic) bond motifs is 1. The Balaban J connectivity index is 1.43. The number of nitrogens with two attached hydrogens (primary N) is 1. The van der Waals surface area contributed by atoms with E-state index >= 15 is 0 Å². The molecule has 2 aromatic rings. The van der Waals surface area contributed by atoms with Crippen LogP contribution in [0.5, 0.6) is 5.75 Å². The van der Waals surface area contributed by atoms with E-state index in [1.165, 1.54) is 52.7 Å². The number of hydrogen-bond donors (Lipinski definition) is 6. The minimum Gasteiger partial charge on any atom is -0.508 e. The minimum absolute atomic E-state index is 0.0250. The van der Waals surface area contributed by atoms with Gasteiger partial charge in [-0.25, -0.2) is 4.79 Å². The highest BCUT2D eigenvalue weighted by Crippen LogP contribution is 2.41. The van der Waals surface area contributed by atoms with Crippen molar-refractivity contribution in [2.75, 3.05) is 11.5 Å². The third-order valence-corrected chi connectivity index (χ3v) is 8.08. The Hall–Kier alpha value is -3.56. The highest BCUT2D eigenvalue weighted by molar-refractivity contribution is 8.01. The van der Waals surface area contributed by atoms with Crippen molar-refractivity contribution in [1.29, 1.82) is 0 Å². The number of nitrogens with zero attached hydrogens (tertiary/aromatic N) is 3. The molecule has 36 heavy (non-hydrogen) atoms. The van der Waals surface area contributed by atoms with Crippen LogP contribution in [0, 0.1) is 0 Å².